The molecule has 2 aliphatic carbocycles. The Morgan fingerprint density at radius 3 is 2.13 bits per heavy atom. The number of ether oxygens (including phenoxy) is 1. The van der Waals surface area contributed by atoms with Gasteiger partial charge in [-0.1, -0.05) is 42.5 Å². The molecule has 0 spiro atoms. The topological polar surface area (TPSA) is 80.8 Å². The molecule has 3 fully saturated rings. The number of Topliss-reactive ketones (excluding diaryl/α,β-unsaturated/α-hetero) is 1. The van der Waals surface area contributed by atoms with Crippen molar-refractivity contribution in [2.75, 3.05) is 11.5 Å². The molecule has 3 aliphatic rings. The lowest BCUT2D eigenvalue weighted by molar-refractivity contribution is -0.123. The summed E-state index contributed by atoms with van der Waals surface area (Å²) in [6.07, 6.45) is 2.93. The van der Waals surface area contributed by atoms with Crippen LogP contribution in [0.25, 0.3) is 0 Å². The van der Waals surface area contributed by atoms with E-state index in [0.717, 1.165) is 19.3 Å². The summed E-state index contributed by atoms with van der Waals surface area (Å²) in [5.41, 5.74) is 0.817. The molecule has 152 valence electrons. The molecule has 0 N–H and O–H groups in total. The van der Waals surface area contributed by atoms with E-state index in [1.54, 1.807) is 48.5 Å². The number of hydrogen-bond acceptors (Lipinski definition) is 5. The highest BCUT2D eigenvalue weighted by atomic mass is 16.5. The highest BCUT2D eigenvalue weighted by Crippen LogP contribution is 2.56. The van der Waals surface area contributed by atoms with Gasteiger partial charge in [0.1, 0.15) is 0 Å². The summed E-state index contributed by atoms with van der Waals surface area (Å²) in [5.74, 6) is -1.46. The third kappa shape index (κ3) is 2.86. The summed E-state index contributed by atoms with van der Waals surface area (Å²) in [6, 6.07) is 15.0. The number of carbonyl (C=O) groups excluding carboxylic acids is 4. The highest BCUT2D eigenvalue weighted by molar-refractivity contribution is 6.24. The molecule has 2 bridgehead atoms. The smallest absolute Gasteiger partial charge is 0.340 e. The Kier molecular flexibility index (Phi) is 4.50. The number of para-hydroxylation sites is 1. The quantitative estimate of drug-likeness (QED) is 0.435. The van der Waals surface area contributed by atoms with Crippen molar-refractivity contribution >= 4 is 29.3 Å². The average Bonchev–Trinajstić information content (AvgIpc) is 3.46. The van der Waals surface area contributed by atoms with Crippen LogP contribution in [0.1, 0.15) is 40.0 Å². The molecular formula is C24H21NO5. The molecule has 0 aromatic heterocycles. The van der Waals surface area contributed by atoms with Crippen LogP contribution in [0.5, 0.6) is 0 Å². The second kappa shape index (κ2) is 7.20. The summed E-state index contributed by atoms with van der Waals surface area (Å²) in [5, 5.41) is 0. The summed E-state index contributed by atoms with van der Waals surface area (Å²) in [7, 11) is 0. The zero-order valence-corrected chi connectivity index (χ0v) is 16.3. The fraction of sp³-hybridized carbons (Fsp3) is 0.333. The first-order valence-corrected chi connectivity index (χ1v) is 10.3. The minimum Gasteiger partial charge on any atom is -0.454 e. The van der Waals surface area contributed by atoms with Gasteiger partial charge in [-0.15, -0.1) is 0 Å². The third-order valence-corrected chi connectivity index (χ3v) is 6.72. The van der Waals surface area contributed by atoms with E-state index in [4.69, 9.17) is 4.74 Å². The van der Waals surface area contributed by atoms with Gasteiger partial charge in [-0.05, 0) is 43.2 Å². The van der Waals surface area contributed by atoms with Crippen molar-refractivity contribution in [3.8, 4) is 0 Å². The summed E-state index contributed by atoms with van der Waals surface area (Å²) in [4.78, 5) is 52.4. The van der Waals surface area contributed by atoms with Gasteiger partial charge in [0, 0.05) is 5.56 Å². The number of fused-ring (bicyclic) bond motifs is 5. The van der Waals surface area contributed by atoms with E-state index in [1.165, 1.54) is 11.0 Å². The van der Waals surface area contributed by atoms with Gasteiger partial charge in [0.05, 0.1) is 23.1 Å². The van der Waals surface area contributed by atoms with Crippen molar-refractivity contribution in [3.05, 3.63) is 65.7 Å². The van der Waals surface area contributed by atoms with Gasteiger partial charge in [-0.2, -0.15) is 0 Å². The van der Waals surface area contributed by atoms with Crippen molar-refractivity contribution < 1.29 is 23.9 Å². The van der Waals surface area contributed by atoms with Crippen molar-refractivity contribution in [1.29, 1.82) is 0 Å². The Labute approximate surface area is 173 Å². The zero-order chi connectivity index (χ0) is 20.8. The van der Waals surface area contributed by atoms with Crippen molar-refractivity contribution in [2.45, 2.75) is 19.3 Å². The molecule has 0 unspecified atom stereocenters. The molecule has 2 aromatic carbocycles. The number of rotatable bonds is 5. The second-order valence-electron chi connectivity index (χ2n) is 8.28. The molecule has 1 saturated heterocycles. The standard InChI is InChI=1S/C24H21NO5/c26-19(14-6-2-1-3-7-14)13-30-24(29)17-8-4-5-9-18(17)25-22(27)20-15-10-11-16(12-15)21(20)23(25)28/h1-9,15-16,20-21H,10-13H2/t15-,16-,20+,21+/m0/s1. The van der Waals surface area contributed by atoms with Crippen LogP contribution in [0.4, 0.5) is 5.69 Å². The molecule has 2 aromatic rings. The largest absolute Gasteiger partial charge is 0.454 e. The van der Waals surface area contributed by atoms with Gasteiger partial charge >= 0.3 is 5.97 Å². The summed E-state index contributed by atoms with van der Waals surface area (Å²) >= 11 is 0. The number of esters is 1. The number of imide groups is 1. The van der Waals surface area contributed by atoms with Gasteiger partial charge in [0.2, 0.25) is 11.8 Å². The molecule has 2 amide bonds. The van der Waals surface area contributed by atoms with Crippen LogP contribution in [-0.4, -0.2) is 30.2 Å². The number of carbonyl (C=O) groups is 4. The van der Waals surface area contributed by atoms with Crippen molar-refractivity contribution in [1.82, 2.24) is 0 Å². The van der Waals surface area contributed by atoms with Crippen molar-refractivity contribution in [3.63, 3.8) is 0 Å². The lowest BCUT2D eigenvalue weighted by Crippen LogP contribution is -2.34. The monoisotopic (exact) mass is 403 g/mol. The number of nitrogens with zero attached hydrogens (tertiary/aromatic N) is 1. The van der Waals surface area contributed by atoms with Gasteiger partial charge in [0.25, 0.3) is 0 Å². The molecule has 0 radical (unpaired) electrons. The Bertz CT molecular complexity index is 1020. The molecule has 4 atom stereocenters. The molecule has 5 rings (SSSR count). The van der Waals surface area contributed by atoms with Crippen LogP contribution in [0.3, 0.4) is 0 Å². The van der Waals surface area contributed by atoms with Crippen LogP contribution in [0.2, 0.25) is 0 Å². The van der Waals surface area contributed by atoms with Crippen LogP contribution in [-0.2, 0) is 14.3 Å². The van der Waals surface area contributed by atoms with Gasteiger partial charge in [-0.25, -0.2) is 9.69 Å². The van der Waals surface area contributed by atoms with E-state index in [-0.39, 0.29) is 52.5 Å². The summed E-state index contributed by atoms with van der Waals surface area (Å²) in [6.45, 7) is -0.408. The van der Waals surface area contributed by atoms with Crippen LogP contribution in [0.15, 0.2) is 54.6 Å². The molecule has 1 heterocycles. The minimum absolute atomic E-state index is 0.118. The van der Waals surface area contributed by atoms with E-state index in [1.807, 2.05) is 0 Å². The first kappa shape index (κ1) is 18.7. The maximum absolute atomic E-state index is 13.1. The fourth-order valence-corrected chi connectivity index (χ4v) is 5.40. The Morgan fingerprint density at radius 1 is 0.867 bits per heavy atom. The summed E-state index contributed by atoms with van der Waals surface area (Å²) < 4.78 is 5.23. The Morgan fingerprint density at radius 2 is 1.47 bits per heavy atom. The predicted molar refractivity (Wildman–Crippen MR) is 108 cm³/mol. The number of hydrogen-bond donors (Lipinski definition) is 0. The minimum atomic E-state index is -0.726. The molecule has 30 heavy (non-hydrogen) atoms. The number of anilines is 1. The molecule has 1 aliphatic heterocycles. The normalized spacial score (nSPS) is 26.7. The van der Waals surface area contributed by atoms with E-state index in [2.05, 4.69) is 0 Å². The van der Waals surface area contributed by atoms with E-state index < -0.39 is 12.6 Å². The van der Waals surface area contributed by atoms with E-state index in [0.29, 0.717) is 5.56 Å². The maximum atomic E-state index is 13.1. The zero-order valence-electron chi connectivity index (χ0n) is 16.3. The highest BCUT2D eigenvalue weighted by Gasteiger charge is 2.61. The van der Waals surface area contributed by atoms with Gasteiger partial charge in [-0.3, -0.25) is 14.4 Å². The van der Waals surface area contributed by atoms with Gasteiger partial charge < -0.3 is 4.74 Å². The van der Waals surface area contributed by atoms with Crippen LogP contribution < -0.4 is 4.90 Å². The maximum Gasteiger partial charge on any atom is 0.340 e. The molecular weight excluding hydrogens is 382 g/mol. The third-order valence-electron chi connectivity index (χ3n) is 6.72. The SMILES string of the molecule is O=C(COC(=O)c1ccccc1N1C(=O)[C@@H]2[C@H]3CC[C@@H](C3)[C@H]2C1=O)c1ccccc1. The number of ketones is 1. The average molecular weight is 403 g/mol. The van der Waals surface area contributed by atoms with Crippen LogP contribution in [0, 0.1) is 23.7 Å². The number of amides is 2. The Balaban J connectivity index is 1.37. The molecule has 6 heteroatoms. The van der Waals surface area contributed by atoms with Crippen LogP contribution >= 0.6 is 0 Å². The van der Waals surface area contributed by atoms with Gasteiger partial charge in [0.15, 0.2) is 12.4 Å². The molecule has 6 nitrogen and oxygen atoms in total. The lowest BCUT2D eigenvalue weighted by Gasteiger charge is -2.19. The lowest BCUT2D eigenvalue weighted by atomic mass is 9.81. The predicted octanol–water partition coefficient (Wildman–Crippen LogP) is 3.26. The second-order valence-corrected chi connectivity index (χ2v) is 8.28. The molecule has 2 saturated carbocycles. The first-order chi connectivity index (χ1) is 14.6. The Hall–Kier alpha value is -3.28. The fourth-order valence-electron chi connectivity index (χ4n) is 5.40. The van der Waals surface area contributed by atoms with E-state index in [9.17, 15) is 19.2 Å². The van der Waals surface area contributed by atoms with Crippen molar-refractivity contribution in [2.24, 2.45) is 23.7 Å². The first-order valence-electron chi connectivity index (χ1n) is 10.3. The number of benzene rings is 2. The van der Waals surface area contributed by atoms with E-state index >= 15 is 0 Å².